The van der Waals surface area contributed by atoms with E-state index in [1.807, 2.05) is 30.0 Å². The Morgan fingerprint density at radius 1 is 1.31 bits per heavy atom. The van der Waals surface area contributed by atoms with E-state index < -0.39 is 0 Å². The second kappa shape index (κ2) is 8.71. The number of hydrogen-bond donors (Lipinski definition) is 1. The summed E-state index contributed by atoms with van der Waals surface area (Å²) in [6, 6.07) is 5.79. The number of methoxy groups -OCH3 is 1. The molecule has 2 aromatic heterocycles. The smallest absolute Gasteiger partial charge is 0.224 e. The van der Waals surface area contributed by atoms with E-state index >= 15 is 0 Å². The molecule has 1 aliphatic heterocycles. The molecule has 26 heavy (non-hydrogen) atoms. The highest BCUT2D eigenvalue weighted by Crippen LogP contribution is 2.26. The Balaban J connectivity index is 1.61. The fourth-order valence-corrected chi connectivity index (χ4v) is 3.15. The summed E-state index contributed by atoms with van der Waals surface area (Å²) in [5, 5.41) is 3.16. The van der Waals surface area contributed by atoms with Crippen LogP contribution in [0.1, 0.15) is 36.6 Å². The maximum Gasteiger partial charge on any atom is 0.224 e. The average molecular weight is 355 g/mol. The molecule has 7 heteroatoms. The number of nitrogens with zero attached hydrogens (tertiary/aromatic N) is 4. The molecule has 0 saturated carbocycles. The number of carbonyl (C=O) groups excluding carboxylic acids is 1. The fraction of sp³-hybridized carbons (Fsp3) is 0.474. The highest BCUT2D eigenvalue weighted by atomic mass is 16.5. The summed E-state index contributed by atoms with van der Waals surface area (Å²) in [5.74, 6) is 1.79. The first-order valence-electron chi connectivity index (χ1n) is 8.95. The van der Waals surface area contributed by atoms with Crippen molar-refractivity contribution in [2.45, 2.75) is 32.1 Å². The monoisotopic (exact) mass is 355 g/mol. The molecule has 1 saturated heterocycles. The first kappa shape index (κ1) is 18.3. The zero-order valence-corrected chi connectivity index (χ0v) is 15.3. The highest BCUT2D eigenvalue weighted by molar-refractivity contribution is 5.76. The third-order valence-corrected chi connectivity index (χ3v) is 4.53. The van der Waals surface area contributed by atoms with Gasteiger partial charge in [-0.05, 0) is 31.9 Å². The number of carbonyl (C=O) groups is 1. The molecule has 1 amide bonds. The molecule has 1 fully saturated rings. The van der Waals surface area contributed by atoms with E-state index in [-0.39, 0.29) is 11.8 Å². The quantitative estimate of drug-likeness (QED) is 0.858. The molecule has 3 rings (SSSR count). The second-order valence-corrected chi connectivity index (χ2v) is 6.54. The summed E-state index contributed by atoms with van der Waals surface area (Å²) in [5.41, 5.74) is 1.87. The van der Waals surface area contributed by atoms with Gasteiger partial charge in [-0.15, -0.1) is 0 Å². The second-order valence-electron chi connectivity index (χ2n) is 6.54. The molecule has 1 N–H and O–H groups in total. The summed E-state index contributed by atoms with van der Waals surface area (Å²) in [7, 11) is 1.61. The zero-order valence-electron chi connectivity index (χ0n) is 15.3. The van der Waals surface area contributed by atoms with Crippen molar-refractivity contribution in [3.63, 3.8) is 0 Å². The van der Waals surface area contributed by atoms with Gasteiger partial charge >= 0.3 is 0 Å². The summed E-state index contributed by atoms with van der Waals surface area (Å²) in [6.07, 6.45) is 5.96. The lowest BCUT2D eigenvalue weighted by Crippen LogP contribution is -2.39. The van der Waals surface area contributed by atoms with Gasteiger partial charge in [-0.3, -0.25) is 9.78 Å². The predicted octanol–water partition coefficient (Wildman–Crippen LogP) is 2.67. The molecule has 1 aliphatic rings. The molecule has 0 aliphatic carbocycles. The molecular weight excluding hydrogens is 330 g/mol. The molecule has 2 aromatic rings. The number of anilines is 2. The number of piperidine rings is 1. The Morgan fingerprint density at radius 2 is 2.19 bits per heavy atom. The first-order chi connectivity index (χ1) is 12.7. The zero-order chi connectivity index (χ0) is 18.4. The Kier molecular flexibility index (Phi) is 6.12. The molecule has 1 atom stereocenters. The van der Waals surface area contributed by atoms with Crippen LogP contribution in [0, 0.1) is 6.92 Å². The molecule has 0 radical (unpaired) electrons. The van der Waals surface area contributed by atoms with Gasteiger partial charge < -0.3 is 15.0 Å². The summed E-state index contributed by atoms with van der Waals surface area (Å²) in [4.78, 5) is 27.5. The Bertz CT molecular complexity index is 735. The van der Waals surface area contributed by atoms with Crippen LogP contribution < -0.4 is 5.32 Å². The van der Waals surface area contributed by atoms with Crippen molar-refractivity contribution in [3.05, 3.63) is 42.0 Å². The van der Waals surface area contributed by atoms with Crippen LogP contribution in [-0.2, 0) is 9.53 Å². The summed E-state index contributed by atoms with van der Waals surface area (Å²) >= 11 is 0. The number of rotatable bonds is 6. The number of nitrogens with one attached hydrogen (secondary N) is 1. The van der Waals surface area contributed by atoms with Gasteiger partial charge in [0.2, 0.25) is 5.91 Å². The van der Waals surface area contributed by atoms with E-state index in [9.17, 15) is 4.79 Å². The third-order valence-electron chi connectivity index (χ3n) is 4.53. The Labute approximate surface area is 153 Å². The van der Waals surface area contributed by atoms with E-state index in [0.29, 0.717) is 25.4 Å². The van der Waals surface area contributed by atoms with Crippen molar-refractivity contribution >= 4 is 17.5 Å². The first-order valence-corrected chi connectivity index (χ1v) is 8.95. The van der Waals surface area contributed by atoms with Crippen LogP contribution in [0.3, 0.4) is 0 Å². The number of aromatic nitrogens is 3. The highest BCUT2D eigenvalue weighted by Gasteiger charge is 2.25. The maximum atomic E-state index is 12.2. The molecule has 0 aromatic carbocycles. The number of hydrogen-bond acceptors (Lipinski definition) is 6. The van der Waals surface area contributed by atoms with E-state index in [2.05, 4.69) is 20.3 Å². The molecule has 7 nitrogen and oxygen atoms in total. The average Bonchev–Trinajstić information content (AvgIpc) is 2.67. The summed E-state index contributed by atoms with van der Waals surface area (Å²) < 4.78 is 5.00. The van der Waals surface area contributed by atoms with Crippen molar-refractivity contribution in [3.8, 4) is 0 Å². The standard InChI is InChI=1S/C19H25N5O2/c1-14-5-3-7-17(22-14)23-18-12-20-16(11-21-18)15-6-4-9-24(13-15)19(25)8-10-26-2/h3,5,7,11-12,15H,4,6,8-10,13H2,1-2H3,(H,21,22,23). The van der Waals surface area contributed by atoms with E-state index in [1.165, 1.54) is 0 Å². The van der Waals surface area contributed by atoms with Gasteiger partial charge in [0.05, 0.1) is 31.1 Å². The van der Waals surface area contributed by atoms with Gasteiger partial charge in [0.15, 0.2) is 0 Å². The molecule has 3 heterocycles. The number of ether oxygens (including phenoxy) is 1. The predicted molar refractivity (Wildman–Crippen MR) is 99.3 cm³/mol. The number of aryl methyl sites for hydroxylation is 1. The van der Waals surface area contributed by atoms with Gasteiger partial charge in [0.25, 0.3) is 0 Å². The minimum Gasteiger partial charge on any atom is -0.384 e. The van der Waals surface area contributed by atoms with Crippen LogP contribution in [0.15, 0.2) is 30.6 Å². The largest absolute Gasteiger partial charge is 0.384 e. The summed E-state index contributed by atoms with van der Waals surface area (Å²) in [6.45, 7) is 3.92. The van der Waals surface area contributed by atoms with Gasteiger partial charge in [-0.2, -0.15) is 0 Å². The van der Waals surface area contributed by atoms with E-state index in [0.717, 1.165) is 36.6 Å². The maximum absolute atomic E-state index is 12.2. The van der Waals surface area contributed by atoms with Crippen molar-refractivity contribution in [2.24, 2.45) is 0 Å². The van der Waals surface area contributed by atoms with Crippen molar-refractivity contribution in [1.82, 2.24) is 19.9 Å². The van der Waals surface area contributed by atoms with Gasteiger partial charge in [-0.1, -0.05) is 6.07 Å². The van der Waals surface area contributed by atoms with E-state index in [4.69, 9.17) is 4.74 Å². The van der Waals surface area contributed by atoms with Crippen LogP contribution in [0.4, 0.5) is 11.6 Å². The number of pyridine rings is 1. The fourth-order valence-electron chi connectivity index (χ4n) is 3.15. The topological polar surface area (TPSA) is 80.2 Å². The van der Waals surface area contributed by atoms with Crippen molar-refractivity contribution in [1.29, 1.82) is 0 Å². The van der Waals surface area contributed by atoms with Gasteiger partial charge in [0, 0.05) is 31.8 Å². The Morgan fingerprint density at radius 3 is 2.92 bits per heavy atom. The third kappa shape index (κ3) is 4.76. The van der Waals surface area contributed by atoms with Crippen LogP contribution in [0.5, 0.6) is 0 Å². The molecular formula is C19H25N5O2. The number of amides is 1. The van der Waals surface area contributed by atoms with Crippen molar-refractivity contribution in [2.75, 3.05) is 32.1 Å². The van der Waals surface area contributed by atoms with Crippen LogP contribution >= 0.6 is 0 Å². The SMILES string of the molecule is COCCC(=O)N1CCCC(c2cnc(Nc3cccc(C)n3)cn2)C1. The number of likely N-dealkylation sites (tertiary alicyclic amines) is 1. The molecule has 138 valence electrons. The van der Waals surface area contributed by atoms with E-state index in [1.54, 1.807) is 19.5 Å². The Hall–Kier alpha value is -2.54. The van der Waals surface area contributed by atoms with Crippen molar-refractivity contribution < 1.29 is 9.53 Å². The minimum atomic E-state index is 0.147. The van der Waals surface area contributed by atoms with Gasteiger partial charge in [-0.25, -0.2) is 9.97 Å². The molecule has 0 bridgehead atoms. The van der Waals surface area contributed by atoms with Crippen LogP contribution in [-0.4, -0.2) is 52.6 Å². The lowest BCUT2D eigenvalue weighted by molar-refractivity contribution is -0.133. The minimum absolute atomic E-state index is 0.147. The lowest BCUT2D eigenvalue weighted by atomic mass is 9.95. The van der Waals surface area contributed by atoms with Crippen LogP contribution in [0.2, 0.25) is 0 Å². The molecule has 1 unspecified atom stereocenters. The normalized spacial score (nSPS) is 17.2. The van der Waals surface area contributed by atoms with Crippen LogP contribution in [0.25, 0.3) is 0 Å². The van der Waals surface area contributed by atoms with Gasteiger partial charge in [0.1, 0.15) is 11.6 Å². The molecule has 0 spiro atoms. The lowest BCUT2D eigenvalue weighted by Gasteiger charge is -2.32.